The van der Waals surface area contributed by atoms with Gasteiger partial charge in [-0.15, -0.1) is 11.3 Å². The van der Waals surface area contributed by atoms with Gasteiger partial charge < -0.3 is 10.4 Å². The van der Waals surface area contributed by atoms with E-state index >= 15 is 0 Å². The number of carboxylic acids is 1. The number of hydrogen-bond acceptors (Lipinski definition) is 3. The lowest BCUT2D eigenvalue weighted by Gasteiger charge is -2.12. The number of hydrogen-bond donors (Lipinski definition) is 2. The third kappa shape index (κ3) is 4.32. The van der Waals surface area contributed by atoms with Crippen molar-refractivity contribution in [3.05, 3.63) is 20.8 Å². The molecule has 1 aromatic rings. The van der Waals surface area contributed by atoms with Crippen LogP contribution in [-0.2, 0) is 11.3 Å². The smallest absolute Gasteiger partial charge is 0.320 e. The van der Waals surface area contributed by atoms with Crippen molar-refractivity contribution in [2.45, 2.75) is 32.4 Å². The number of thiophene rings is 1. The number of rotatable bonds is 6. The molecule has 0 aliphatic heterocycles. The Morgan fingerprint density at radius 1 is 1.73 bits per heavy atom. The fourth-order valence-electron chi connectivity index (χ4n) is 1.28. The highest BCUT2D eigenvalue weighted by Crippen LogP contribution is 2.20. The van der Waals surface area contributed by atoms with Crippen LogP contribution in [0.3, 0.4) is 0 Å². The van der Waals surface area contributed by atoms with Gasteiger partial charge in [0.15, 0.2) is 0 Å². The summed E-state index contributed by atoms with van der Waals surface area (Å²) in [5.41, 5.74) is 1.12. The van der Waals surface area contributed by atoms with Crippen molar-refractivity contribution in [3.63, 3.8) is 0 Å². The highest BCUT2D eigenvalue weighted by molar-refractivity contribution is 9.11. The van der Waals surface area contributed by atoms with Gasteiger partial charge in [-0.1, -0.05) is 13.3 Å². The van der Waals surface area contributed by atoms with Crippen LogP contribution in [0.4, 0.5) is 0 Å². The van der Waals surface area contributed by atoms with Gasteiger partial charge >= 0.3 is 5.97 Å². The molecule has 3 nitrogen and oxygen atoms in total. The molecule has 2 N–H and O–H groups in total. The van der Waals surface area contributed by atoms with Crippen molar-refractivity contribution in [3.8, 4) is 0 Å². The Morgan fingerprint density at radius 3 is 2.93 bits per heavy atom. The minimum atomic E-state index is -0.772. The highest BCUT2D eigenvalue weighted by atomic mass is 79.9. The Labute approximate surface area is 102 Å². The van der Waals surface area contributed by atoms with E-state index in [9.17, 15) is 4.79 Å². The van der Waals surface area contributed by atoms with Gasteiger partial charge in [0, 0.05) is 6.54 Å². The molecule has 0 aromatic carbocycles. The molecule has 0 amide bonds. The van der Waals surface area contributed by atoms with Crippen molar-refractivity contribution >= 4 is 33.2 Å². The minimum absolute atomic E-state index is 0.436. The summed E-state index contributed by atoms with van der Waals surface area (Å²) in [5.74, 6) is -0.772. The zero-order chi connectivity index (χ0) is 11.3. The van der Waals surface area contributed by atoms with Crippen LogP contribution in [0, 0.1) is 0 Å². The lowest BCUT2D eigenvalue weighted by molar-refractivity contribution is -0.139. The Balaban J connectivity index is 2.43. The molecule has 0 radical (unpaired) electrons. The first-order valence-electron chi connectivity index (χ1n) is 4.82. The summed E-state index contributed by atoms with van der Waals surface area (Å²) in [7, 11) is 0. The molecule has 1 heterocycles. The zero-order valence-corrected chi connectivity index (χ0v) is 10.9. The van der Waals surface area contributed by atoms with Crippen LogP contribution in [0.1, 0.15) is 25.3 Å². The second kappa shape index (κ2) is 6.25. The predicted molar refractivity (Wildman–Crippen MR) is 65.2 cm³/mol. The fraction of sp³-hybridized carbons (Fsp3) is 0.500. The molecule has 0 spiro atoms. The number of aliphatic carboxylic acids is 1. The molecule has 0 bridgehead atoms. The predicted octanol–water partition coefficient (Wildman–Crippen LogP) is 2.85. The average Bonchev–Trinajstić information content (AvgIpc) is 2.58. The average molecular weight is 292 g/mol. The zero-order valence-electron chi connectivity index (χ0n) is 8.50. The molecular formula is C10H14BrNO2S. The van der Waals surface area contributed by atoms with Crippen LogP contribution in [0.2, 0.25) is 0 Å². The Morgan fingerprint density at radius 2 is 2.47 bits per heavy atom. The van der Waals surface area contributed by atoms with Crippen molar-refractivity contribution in [2.24, 2.45) is 0 Å². The van der Waals surface area contributed by atoms with Crippen LogP contribution >= 0.6 is 27.3 Å². The van der Waals surface area contributed by atoms with Crippen LogP contribution in [0.5, 0.6) is 0 Å². The van der Waals surface area contributed by atoms with E-state index in [0.717, 1.165) is 15.8 Å². The molecule has 84 valence electrons. The van der Waals surface area contributed by atoms with Crippen molar-refractivity contribution in [2.75, 3.05) is 0 Å². The summed E-state index contributed by atoms with van der Waals surface area (Å²) in [6.45, 7) is 2.60. The fourth-order valence-corrected chi connectivity index (χ4v) is 2.49. The van der Waals surface area contributed by atoms with Gasteiger partial charge in [0.1, 0.15) is 6.04 Å². The standard InChI is InChI=1S/C10H14BrNO2S/c1-2-3-8(10(13)14)12-5-7-4-9(11)15-6-7/h4,6,8,12H,2-3,5H2,1H3,(H,13,14). The molecule has 0 fully saturated rings. The maximum absolute atomic E-state index is 10.8. The summed E-state index contributed by atoms with van der Waals surface area (Å²) in [6, 6.07) is 1.57. The lowest BCUT2D eigenvalue weighted by atomic mass is 10.1. The Hall–Kier alpha value is -0.390. The van der Waals surface area contributed by atoms with Gasteiger partial charge in [-0.25, -0.2) is 0 Å². The second-order valence-electron chi connectivity index (χ2n) is 3.32. The normalized spacial score (nSPS) is 12.7. The second-order valence-corrected chi connectivity index (χ2v) is 5.61. The molecule has 15 heavy (non-hydrogen) atoms. The van der Waals surface area contributed by atoms with E-state index in [1.807, 2.05) is 18.4 Å². The van der Waals surface area contributed by atoms with E-state index in [1.165, 1.54) is 0 Å². The van der Waals surface area contributed by atoms with Crippen molar-refractivity contribution in [1.82, 2.24) is 5.32 Å². The molecule has 1 rings (SSSR count). The highest BCUT2D eigenvalue weighted by Gasteiger charge is 2.15. The summed E-state index contributed by atoms with van der Waals surface area (Å²) < 4.78 is 1.07. The van der Waals surface area contributed by atoms with E-state index in [1.54, 1.807) is 11.3 Å². The van der Waals surface area contributed by atoms with Crippen LogP contribution < -0.4 is 5.32 Å². The van der Waals surface area contributed by atoms with Gasteiger partial charge in [-0.3, -0.25) is 4.79 Å². The van der Waals surface area contributed by atoms with Gasteiger partial charge in [0.25, 0.3) is 0 Å². The molecule has 0 aliphatic rings. The van der Waals surface area contributed by atoms with E-state index in [2.05, 4.69) is 21.2 Å². The van der Waals surface area contributed by atoms with Gasteiger partial charge in [0.05, 0.1) is 3.79 Å². The van der Waals surface area contributed by atoms with Crippen molar-refractivity contribution < 1.29 is 9.90 Å². The molecule has 1 aromatic heterocycles. The first kappa shape index (κ1) is 12.7. The molecule has 0 saturated heterocycles. The first-order valence-corrected chi connectivity index (χ1v) is 6.50. The van der Waals surface area contributed by atoms with Crippen molar-refractivity contribution in [1.29, 1.82) is 0 Å². The third-order valence-electron chi connectivity index (χ3n) is 2.05. The SMILES string of the molecule is CCCC(NCc1csc(Br)c1)C(=O)O. The summed E-state index contributed by atoms with van der Waals surface area (Å²) in [4.78, 5) is 10.8. The molecule has 0 saturated carbocycles. The van der Waals surface area contributed by atoms with Gasteiger partial charge in [-0.05, 0) is 39.4 Å². The lowest BCUT2D eigenvalue weighted by Crippen LogP contribution is -2.35. The third-order valence-corrected chi connectivity index (χ3v) is 3.60. The van der Waals surface area contributed by atoms with Gasteiger partial charge in [0.2, 0.25) is 0 Å². The number of nitrogens with one attached hydrogen (secondary N) is 1. The largest absolute Gasteiger partial charge is 0.480 e. The molecule has 5 heteroatoms. The summed E-state index contributed by atoms with van der Waals surface area (Å²) in [5, 5.41) is 14.0. The topological polar surface area (TPSA) is 49.3 Å². The number of halogens is 1. The molecule has 0 aliphatic carbocycles. The maximum Gasteiger partial charge on any atom is 0.320 e. The van der Waals surface area contributed by atoms with Crippen LogP contribution in [0.15, 0.2) is 15.2 Å². The summed E-state index contributed by atoms with van der Waals surface area (Å²) >= 11 is 4.98. The molecular weight excluding hydrogens is 278 g/mol. The minimum Gasteiger partial charge on any atom is -0.480 e. The molecule has 1 unspecified atom stereocenters. The number of carbonyl (C=O) groups is 1. The molecule has 1 atom stereocenters. The number of carboxylic acid groups (broad SMARTS) is 1. The Bertz CT molecular complexity index is 327. The summed E-state index contributed by atoms with van der Waals surface area (Å²) in [6.07, 6.45) is 1.54. The van der Waals surface area contributed by atoms with E-state index in [4.69, 9.17) is 5.11 Å². The monoisotopic (exact) mass is 291 g/mol. The van der Waals surface area contributed by atoms with E-state index in [0.29, 0.717) is 13.0 Å². The van der Waals surface area contributed by atoms with E-state index in [-0.39, 0.29) is 0 Å². The maximum atomic E-state index is 10.8. The van der Waals surface area contributed by atoms with Crippen LogP contribution in [0.25, 0.3) is 0 Å². The Kier molecular flexibility index (Phi) is 5.28. The van der Waals surface area contributed by atoms with Crippen LogP contribution in [-0.4, -0.2) is 17.1 Å². The van der Waals surface area contributed by atoms with E-state index < -0.39 is 12.0 Å². The van der Waals surface area contributed by atoms with Gasteiger partial charge in [-0.2, -0.15) is 0 Å². The first-order chi connectivity index (χ1) is 7.13. The quantitative estimate of drug-likeness (QED) is 0.847.